The Labute approximate surface area is 117 Å². The molecule has 1 aromatic heterocycles. The van der Waals surface area contributed by atoms with E-state index in [4.69, 9.17) is 13.9 Å². The van der Waals surface area contributed by atoms with Crippen LogP contribution < -0.4 is 20.1 Å². The van der Waals surface area contributed by atoms with Crippen LogP contribution in [0.3, 0.4) is 0 Å². The number of benzene rings is 1. The Morgan fingerprint density at radius 3 is 2.75 bits per heavy atom. The van der Waals surface area contributed by atoms with Crippen molar-refractivity contribution in [3.8, 4) is 11.5 Å². The summed E-state index contributed by atoms with van der Waals surface area (Å²) in [5.74, 6) is 1.88. The highest BCUT2D eigenvalue weighted by Crippen LogP contribution is 2.30. The van der Waals surface area contributed by atoms with Gasteiger partial charge >= 0.3 is 6.01 Å². The lowest BCUT2D eigenvalue weighted by atomic mass is 10.2. The van der Waals surface area contributed by atoms with Crippen LogP contribution in [0.4, 0.5) is 11.7 Å². The molecule has 0 bridgehead atoms. The van der Waals surface area contributed by atoms with E-state index in [1.807, 2.05) is 19.1 Å². The van der Waals surface area contributed by atoms with Crippen molar-refractivity contribution < 1.29 is 13.9 Å². The summed E-state index contributed by atoms with van der Waals surface area (Å²) in [6.07, 6.45) is 0. The van der Waals surface area contributed by atoms with Crippen molar-refractivity contribution >= 4 is 11.7 Å². The summed E-state index contributed by atoms with van der Waals surface area (Å²) in [6, 6.07) is 5.74. The van der Waals surface area contributed by atoms with Gasteiger partial charge in [-0.25, -0.2) is 0 Å². The fourth-order valence-electron chi connectivity index (χ4n) is 1.62. The van der Waals surface area contributed by atoms with Gasteiger partial charge in [-0.1, -0.05) is 12.0 Å². The number of aromatic nitrogens is 2. The van der Waals surface area contributed by atoms with E-state index in [1.165, 1.54) is 0 Å². The lowest BCUT2D eigenvalue weighted by Gasteiger charge is -2.09. The molecule has 1 heterocycles. The smallest absolute Gasteiger partial charge is 0.320 e. The summed E-state index contributed by atoms with van der Waals surface area (Å²) in [4.78, 5) is 0. The van der Waals surface area contributed by atoms with Crippen LogP contribution in [0.5, 0.6) is 11.5 Å². The SMILES string of the molecule is CCNCc1nnc(Nc2ccc(OC)cc2OC)o1. The third-order valence-electron chi connectivity index (χ3n) is 2.64. The number of methoxy groups -OCH3 is 2. The molecule has 0 atom stereocenters. The van der Waals surface area contributed by atoms with E-state index >= 15 is 0 Å². The Morgan fingerprint density at radius 1 is 1.20 bits per heavy atom. The van der Waals surface area contributed by atoms with Gasteiger partial charge in [0, 0.05) is 6.07 Å². The lowest BCUT2D eigenvalue weighted by Crippen LogP contribution is -2.11. The fourth-order valence-corrected chi connectivity index (χ4v) is 1.62. The molecule has 2 aromatic rings. The van der Waals surface area contributed by atoms with Gasteiger partial charge in [0.1, 0.15) is 11.5 Å². The fraction of sp³-hybridized carbons (Fsp3) is 0.385. The minimum Gasteiger partial charge on any atom is -0.497 e. The molecule has 0 saturated heterocycles. The standard InChI is InChI=1S/C13H18N4O3/c1-4-14-8-12-16-17-13(20-12)15-10-6-5-9(18-2)7-11(10)19-3/h5-7,14H,4,8H2,1-3H3,(H,15,17). The van der Waals surface area contributed by atoms with Crippen molar-refractivity contribution in [2.45, 2.75) is 13.5 Å². The Kier molecular flexibility index (Phi) is 4.78. The van der Waals surface area contributed by atoms with E-state index in [-0.39, 0.29) is 0 Å². The topological polar surface area (TPSA) is 81.4 Å². The maximum absolute atomic E-state index is 5.46. The number of nitrogens with one attached hydrogen (secondary N) is 2. The van der Waals surface area contributed by atoms with Crippen LogP contribution in [0.15, 0.2) is 22.6 Å². The first-order chi connectivity index (χ1) is 9.76. The molecule has 20 heavy (non-hydrogen) atoms. The van der Waals surface area contributed by atoms with E-state index in [1.54, 1.807) is 20.3 Å². The van der Waals surface area contributed by atoms with Crippen LogP contribution >= 0.6 is 0 Å². The summed E-state index contributed by atoms with van der Waals surface area (Å²) in [5, 5.41) is 14.0. The predicted octanol–water partition coefficient (Wildman–Crippen LogP) is 1.94. The molecule has 0 unspecified atom stereocenters. The number of ether oxygens (including phenoxy) is 2. The second kappa shape index (κ2) is 6.76. The molecule has 7 nitrogen and oxygen atoms in total. The molecule has 2 N–H and O–H groups in total. The molecular formula is C13H18N4O3. The average molecular weight is 278 g/mol. The van der Waals surface area contributed by atoms with E-state index in [0.717, 1.165) is 12.2 Å². The Hall–Kier alpha value is -2.28. The molecule has 2 rings (SSSR count). The Balaban J connectivity index is 2.11. The molecule has 0 aliphatic carbocycles. The van der Waals surface area contributed by atoms with Crippen LogP contribution in [0, 0.1) is 0 Å². The monoisotopic (exact) mass is 278 g/mol. The largest absolute Gasteiger partial charge is 0.497 e. The predicted molar refractivity (Wildman–Crippen MR) is 74.5 cm³/mol. The van der Waals surface area contributed by atoms with Crippen molar-refractivity contribution in [2.24, 2.45) is 0 Å². The summed E-state index contributed by atoms with van der Waals surface area (Å²) in [7, 11) is 3.19. The minimum atomic E-state index is 0.321. The first kappa shape index (κ1) is 14.1. The second-order valence-electron chi connectivity index (χ2n) is 3.97. The van der Waals surface area contributed by atoms with Gasteiger partial charge in [0.05, 0.1) is 26.5 Å². The third-order valence-corrected chi connectivity index (χ3v) is 2.64. The van der Waals surface area contributed by atoms with Gasteiger partial charge < -0.3 is 24.5 Å². The van der Waals surface area contributed by atoms with Crippen LogP contribution in [0.1, 0.15) is 12.8 Å². The summed E-state index contributed by atoms with van der Waals surface area (Å²) < 4.78 is 15.9. The maximum atomic E-state index is 5.46. The van der Waals surface area contributed by atoms with Crippen LogP contribution in [0.25, 0.3) is 0 Å². The highest BCUT2D eigenvalue weighted by molar-refractivity contribution is 5.63. The third kappa shape index (κ3) is 3.39. The highest BCUT2D eigenvalue weighted by Gasteiger charge is 2.10. The van der Waals surface area contributed by atoms with Crippen molar-refractivity contribution in [3.05, 3.63) is 24.1 Å². The summed E-state index contributed by atoms with van der Waals surface area (Å²) >= 11 is 0. The molecular weight excluding hydrogens is 260 g/mol. The molecule has 0 amide bonds. The van der Waals surface area contributed by atoms with Crippen LogP contribution in [-0.4, -0.2) is 31.0 Å². The average Bonchev–Trinajstić information content (AvgIpc) is 2.93. The number of nitrogens with zero attached hydrogens (tertiary/aromatic N) is 2. The number of anilines is 2. The quantitative estimate of drug-likeness (QED) is 0.801. The van der Waals surface area contributed by atoms with Gasteiger partial charge in [0.2, 0.25) is 5.89 Å². The molecule has 0 aliphatic heterocycles. The highest BCUT2D eigenvalue weighted by atomic mass is 16.5. The number of rotatable bonds is 7. The number of hydrogen-bond acceptors (Lipinski definition) is 7. The summed E-state index contributed by atoms with van der Waals surface area (Å²) in [6.45, 7) is 3.40. The van der Waals surface area contributed by atoms with Crippen LogP contribution in [-0.2, 0) is 6.54 Å². The molecule has 0 radical (unpaired) electrons. The van der Waals surface area contributed by atoms with Gasteiger partial charge in [0.25, 0.3) is 0 Å². The Morgan fingerprint density at radius 2 is 2.05 bits per heavy atom. The van der Waals surface area contributed by atoms with Gasteiger partial charge in [0.15, 0.2) is 0 Å². The van der Waals surface area contributed by atoms with E-state index < -0.39 is 0 Å². The van der Waals surface area contributed by atoms with Crippen molar-refractivity contribution in [1.82, 2.24) is 15.5 Å². The van der Waals surface area contributed by atoms with Crippen molar-refractivity contribution in [1.29, 1.82) is 0 Å². The first-order valence-electron chi connectivity index (χ1n) is 6.29. The first-order valence-corrected chi connectivity index (χ1v) is 6.29. The zero-order valence-electron chi connectivity index (χ0n) is 11.8. The Bertz CT molecular complexity index is 556. The normalized spacial score (nSPS) is 10.3. The van der Waals surface area contributed by atoms with E-state index in [9.17, 15) is 0 Å². The molecule has 7 heteroatoms. The molecule has 0 spiro atoms. The molecule has 0 aliphatic rings. The maximum Gasteiger partial charge on any atom is 0.320 e. The number of hydrogen-bond donors (Lipinski definition) is 2. The van der Waals surface area contributed by atoms with Crippen molar-refractivity contribution in [2.75, 3.05) is 26.1 Å². The van der Waals surface area contributed by atoms with Gasteiger partial charge in [-0.3, -0.25) is 0 Å². The lowest BCUT2D eigenvalue weighted by molar-refractivity contribution is 0.395. The molecule has 108 valence electrons. The van der Waals surface area contributed by atoms with Gasteiger partial charge in [-0.15, -0.1) is 5.10 Å². The van der Waals surface area contributed by atoms with Crippen LogP contribution in [0.2, 0.25) is 0 Å². The molecule has 0 fully saturated rings. The minimum absolute atomic E-state index is 0.321. The van der Waals surface area contributed by atoms with Gasteiger partial charge in [-0.2, -0.15) is 0 Å². The summed E-state index contributed by atoms with van der Waals surface area (Å²) in [5.41, 5.74) is 0.729. The zero-order valence-corrected chi connectivity index (χ0v) is 11.8. The molecule has 0 saturated carbocycles. The zero-order chi connectivity index (χ0) is 14.4. The van der Waals surface area contributed by atoms with E-state index in [2.05, 4.69) is 20.8 Å². The van der Waals surface area contributed by atoms with Gasteiger partial charge in [-0.05, 0) is 18.7 Å². The van der Waals surface area contributed by atoms with Crippen molar-refractivity contribution in [3.63, 3.8) is 0 Å². The van der Waals surface area contributed by atoms with E-state index in [0.29, 0.717) is 29.9 Å². The second-order valence-corrected chi connectivity index (χ2v) is 3.97. The molecule has 1 aromatic carbocycles.